The van der Waals surface area contributed by atoms with Crippen LogP contribution in [0.2, 0.25) is 0 Å². The molecule has 0 radical (unpaired) electrons. The lowest BCUT2D eigenvalue weighted by Gasteiger charge is -2.01. The van der Waals surface area contributed by atoms with E-state index < -0.39 is 17.6 Å². The fourth-order valence-electron chi connectivity index (χ4n) is 1.12. The summed E-state index contributed by atoms with van der Waals surface area (Å²) in [5.41, 5.74) is 0.466. The zero-order chi connectivity index (χ0) is 11.3. The van der Waals surface area contributed by atoms with Gasteiger partial charge in [0, 0.05) is 6.42 Å². The minimum absolute atomic E-state index is 0.128. The summed E-state index contributed by atoms with van der Waals surface area (Å²) in [6.07, 6.45) is -0.128. The summed E-state index contributed by atoms with van der Waals surface area (Å²) < 4.78 is 17.3. The quantitative estimate of drug-likeness (QED) is 0.558. The molecule has 3 nitrogen and oxygen atoms in total. The minimum Gasteiger partial charge on any atom is -0.460 e. The average Bonchev–Trinajstić information content (AvgIpc) is 2.18. The first kappa shape index (κ1) is 11.4. The van der Waals surface area contributed by atoms with Gasteiger partial charge in [-0.1, -0.05) is 12.1 Å². The molecule has 80 valence electrons. The van der Waals surface area contributed by atoms with Crippen molar-refractivity contribution >= 4 is 11.8 Å². The number of rotatable bonds is 4. The summed E-state index contributed by atoms with van der Waals surface area (Å²) in [5, 5.41) is 0. The first-order valence-electron chi connectivity index (χ1n) is 4.58. The summed E-state index contributed by atoms with van der Waals surface area (Å²) >= 11 is 0. The Balaban J connectivity index is 2.62. The fraction of sp³-hybridized carbons (Fsp3) is 0.273. The Labute approximate surface area is 86.9 Å². The van der Waals surface area contributed by atoms with Crippen molar-refractivity contribution in [3.63, 3.8) is 0 Å². The highest BCUT2D eigenvalue weighted by atomic mass is 19.1. The Kier molecular flexibility index (Phi) is 3.97. The van der Waals surface area contributed by atoms with E-state index >= 15 is 0 Å². The lowest BCUT2D eigenvalue weighted by atomic mass is 10.1. The molecule has 0 unspecified atom stereocenters. The van der Waals surface area contributed by atoms with Gasteiger partial charge in [0.05, 0.1) is 6.61 Å². The highest BCUT2D eigenvalue weighted by molar-refractivity contribution is 6.34. The van der Waals surface area contributed by atoms with Crippen LogP contribution in [0.15, 0.2) is 24.3 Å². The molecule has 0 aliphatic heterocycles. The number of hydrogen-bond acceptors (Lipinski definition) is 3. The highest BCUT2D eigenvalue weighted by Gasteiger charge is 2.15. The topological polar surface area (TPSA) is 43.4 Å². The molecule has 0 saturated carbocycles. The number of benzene rings is 1. The number of Topliss-reactive ketones (excluding diaryl/α,β-unsaturated/α-hetero) is 1. The number of esters is 1. The lowest BCUT2D eigenvalue weighted by Crippen LogP contribution is -2.19. The predicted octanol–water partition coefficient (Wildman–Crippen LogP) is 1.50. The zero-order valence-corrected chi connectivity index (χ0v) is 8.33. The van der Waals surface area contributed by atoms with Gasteiger partial charge in [-0.2, -0.15) is 0 Å². The number of ether oxygens (including phenoxy) is 1. The van der Waals surface area contributed by atoms with Gasteiger partial charge in [-0.15, -0.1) is 0 Å². The molecule has 15 heavy (non-hydrogen) atoms. The van der Waals surface area contributed by atoms with Crippen LogP contribution in [0, 0.1) is 5.82 Å². The van der Waals surface area contributed by atoms with Gasteiger partial charge in [0.15, 0.2) is 0 Å². The van der Waals surface area contributed by atoms with Gasteiger partial charge in [-0.25, -0.2) is 9.18 Å². The minimum atomic E-state index is -0.873. The number of carbonyl (C=O) groups excluding carboxylic acids is 2. The standard InChI is InChI=1S/C11H11FO3/c1-2-15-11(14)10(13)7-8-4-3-5-9(12)6-8/h3-6H,2,7H2,1H3. The third-order valence-corrected chi connectivity index (χ3v) is 1.76. The summed E-state index contributed by atoms with van der Waals surface area (Å²) in [6.45, 7) is 1.78. The molecule has 4 heteroatoms. The fourth-order valence-corrected chi connectivity index (χ4v) is 1.12. The summed E-state index contributed by atoms with van der Waals surface area (Å²) in [5.74, 6) is -1.96. The number of ketones is 1. The number of hydrogen-bond donors (Lipinski definition) is 0. The van der Waals surface area contributed by atoms with E-state index in [0.29, 0.717) is 5.56 Å². The molecule has 0 saturated heterocycles. The van der Waals surface area contributed by atoms with Crippen molar-refractivity contribution in [1.29, 1.82) is 0 Å². The SMILES string of the molecule is CCOC(=O)C(=O)Cc1cccc(F)c1. The molecule has 0 N–H and O–H groups in total. The first-order valence-corrected chi connectivity index (χ1v) is 4.58. The van der Waals surface area contributed by atoms with E-state index in [1.807, 2.05) is 0 Å². The molecule has 0 aliphatic carbocycles. The van der Waals surface area contributed by atoms with Crippen LogP contribution in [0.4, 0.5) is 4.39 Å². The third-order valence-electron chi connectivity index (χ3n) is 1.76. The Morgan fingerprint density at radius 2 is 2.13 bits per heavy atom. The second-order valence-corrected chi connectivity index (χ2v) is 2.95. The molecule has 0 amide bonds. The Morgan fingerprint density at radius 1 is 1.40 bits per heavy atom. The number of carbonyl (C=O) groups is 2. The van der Waals surface area contributed by atoms with Gasteiger partial charge >= 0.3 is 5.97 Å². The third kappa shape index (κ3) is 3.50. The summed E-state index contributed by atoms with van der Waals surface area (Å²) in [6, 6.07) is 5.57. The average molecular weight is 210 g/mol. The van der Waals surface area contributed by atoms with E-state index in [4.69, 9.17) is 0 Å². The van der Waals surface area contributed by atoms with Crippen LogP contribution in [0.1, 0.15) is 12.5 Å². The zero-order valence-electron chi connectivity index (χ0n) is 8.33. The molecule has 0 atom stereocenters. The van der Waals surface area contributed by atoms with Gasteiger partial charge in [-0.3, -0.25) is 4.79 Å². The molecule has 0 bridgehead atoms. The maximum Gasteiger partial charge on any atom is 0.374 e. The van der Waals surface area contributed by atoms with Crippen molar-refractivity contribution in [3.05, 3.63) is 35.6 Å². The molecule has 1 aromatic carbocycles. The van der Waals surface area contributed by atoms with E-state index in [1.165, 1.54) is 18.2 Å². The van der Waals surface area contributed by atoms with Crippen LogP contribution in [0.5, 0.6) is 0 Å². The van der Waals surface area contributed by atoms with Crippen molar-refractivity contribution in [2.75, 3.05) is 6.61 Å². The van der Waals surface area contributed by atoms with Gasteiger partial charge in [0.25, 0.3) is 0 Å². The largest absolute Gasteiger partial charge is 0.460 e. The second-order valence-electron chi connectivity index (χ2n) is 2.95. The lowest BCUT2D eigenvalue weighted by molar-refractivity contribution is -0.153. The Morgan fingerprint density at radius 3 is 2.73 bits per heavy atom. The van der Waals surface area contributed by atoms with Gasteiger partial charge in [0.2, 0.25) is 5.78 Å². The van der Waals surface area contributed by atoms with Crippen molar-refractivity contribution in [3.8, 4) is 0 Å². The Bertz CT molecular complexity index is 374. The molecule has 0 spiro atoms. The van der Waals surface area contributed by atoms with Crippen LogP contribution >= 0.6 is 0 Å². The molecule has 0 aliphatic rings. The summed E-state index contributed by atoms with van der Waals surface area (Å²) in [4.78, 5) is 22.2. The van der Waals surface area contributed by atoms with Crippen molar-refractivity contribution in [1.82, 2.24) is 0 Å². The van der Waals surface area contributed by atoms with Gasteiger partial charge < -0.3 is 4.74 Å². The number of halogens is 1. The highest BCUT2D eigenvalue weighted by Crippen LogP contribution is 2.05. The maximum absolute atomic E-state index is 12.7. The molecule has 1 aromatic rings. The molecular weight excluding hydrogens is 199 g/mol. The maximum atomic E-state index is 12.7. The predicted molar refractivity (Wildman–Crippen MR) is 51.7 cm³/mol. The molecule has 0 fully saturated rings. The van der Waals surface area contributed by atoms with E-state index in [2.05, 4.69) is 4.74 Å². The summed E-state index contributed by atoms with van der Waals surface area (Å²) in [7, 11) is 0. The van der Waals surface area contributed by atoms with Gasteiger partial charge in [-0.05, 0) is 24.6 Å². The van der Waals surface area contributed by atoms with Crippen LogP contribution in [-0.2, 0) is 20.7 Å². The van der Waals surface area contributed by atoms with Crippen molar-refractivity contribution in [2.24, 2.45) is 0 Å². The van der Waals surface area contributed by atoms with Gasteiger partial charge in [0.1, 0.15) is 5.82 Å². The molecular formula is C11H11FO3. The van der Waals surface area contributed by atoms with E-state index in [9.17, 15) is 14.0 Å². The van der Waals surface area contributed by atoms with E-state index in [1.54, 1.807) is 13.0 Å². The van der Waals surface area contributed by atoms with E-state index in [0.717, 1.165) is 0 Å². The van der Waals surface area contributed by atoms with Crippen molar-refractivity contribution < 1.29 is 18.7 Å². The van der Waals surface area contributed by atoms with Crippen LogP contribution in [0.3, 0.4) is 0 Å². The molecule has 1 rings (SSSR count). The normalized spacial score (nSPS) is 9.73. The Hall–Kier alpha value is -1.71. The van der Waals surface area contributed by atoms with Crippen LogP contribution in [-0.4, -0.2) is 18.4 Å². The van der Waals surface area contributed by atoms with Crippen LogP contribution in [0.25, 0.3) is 0 Å². The monoisotopic (exact) mass is 210 g/mol. The molecule has 0 aromatic heterocycles. The van der Waals surface area contributed by atoms with Crippen LogP contribution < -0.4 is 0 Å². The smallest absolute Gasteiger partial charge is 0.374 e. The molecule has 0 heterocycles. The first-order chi connectivity index (χ1) is 7.13. The van der Waals surface area contributed by atoms with Crippen molar-refractivity contribution in [2.45, 2.75) is 13.3 Å². The van der Waals surface area contributed by atoms with E-state index in [-0.39, 0.29) is 13.0 Å². The second kappa shape index (κ2) is 5.24.